The van der Waals surface area contributed by atoms with Crippen LogP contribution in [0.1, 0.15) is 57.6 Å². The summed E-state index contributed by atoms with van der Waals surface area (Å²) in [5, 5.41) is 2.89. The van der Waals surface area contributed by atoms with Crippen LogP contribution in [0.25, 0.3) is 0 Å². The van der Waals surface area contributed by atoms with E-state index in [0.717, 1.165) is 35.4 Å². The number of benzene rings is 1. The van der Waals surface area contributed by atoms with Crippen LogP contribution in [0.3, 0.4) is 0 Å². The molecule has 0 radical (unpaired) electrons. The second-order valence-electron chi connectivity index (χ2n) is 5.81. The summed E-state index contributed by atoms with van der Waals surface area (Å²) in [6.07, 6.45) is 1.53. The number of rotatable bonds is 7. The average Bonchev–Trinajstić information content (AvgIpc) is 2.42. The lowest BCUT2D eigenvalue weighted by molar-refractivity contribution is -0.127. The maximum Gasteiger partial charge on any atom is 0.260 e. The van der Waals surface area contributed by atoms with Crippen molar-refractivity contribution in [3.05, 3.63) is 23.3 Å². The minimum Gasteiger partial charge on any atom is -0.481 e. The van der Waals surface area contributed by atoms with E-state index in [1.54, 1.807) is 6.92 Å². The van der Waals surface area contributed by atoms with E-state index in [4.69, 9.17) is 10.5 Å². The maximum atomic E-state index is 12.0. The van der Waals surface area contributed by atoms with Crippen LogP contribution >= 0.6 is 0 Å². The number of hydrogen-bond acceptors (Lipinski definition) is 3. The Morgan fingerprint density at radius 3 is 2.57 bits per heavy atom. The number of hydrogen-bond donors (Lipinski definition) is 2. The summed E-state index contributed by atoms with van der Waals surface area (Å²) < 4.78 is 5.87. The number of carbonyl (C=O) groups is 1. The van der Waals surface area contributed by atoms with Gasteiger partial charge < -0.3 is 15.8 Å². The molecule has 0 fully saturated rings. The molecule has 0 saturated heterocycles. The van der Waals surface area contributed by atoms with Gasteiger partial charge in [-0.2, -0.15) is 0 Å². The van der Waals surface area contributed by atoms with E-state index >= 15 is 0 Å². The third-order valence-corrected chi connectivity index (χ3v) is 3.52. The molecule has 0 aromatic heterocycles. The fraction of sp³-hybridized carbons (Fsp3) is 0.588. The second kappa shape index (κ2) is 7.91. The summed E-state index contributed by atoms with van der Waals surface area (Å²) in [5.74, 6) is 0.959. The summed E-state index contributed by atoms with van der Waals surface area (Å²) in [5.41, 5.74) is 8.72. The van der Waals surface area contributed by atoms with Crippen LogP contribution in [-0.4, -0.2) is 18.6 Å². The molecule has 4 heteroatoms. The van der Waals surface area contributed by atoms with Crippen molar-refractivity contribution in [2.24, 2.45) is 0 Å². The molecule has 4 nitrogen and oxygen atoms in total. The van der Waals surface area contributed by atoms with Gasteiger partial charge in [0.2, 0.25) is 0 Å². The molecule has 0 aliphatic heterocycles. The lowest BCUT2D eigenvalue weighted by Crippen LogP contribution is -2.37. The van der Waals surface area contributed by atoms with Crippen LogP contribution in [0, 0.1) is 6.92 Å². The molecule has 1 aromatic carbocycles. The van der Waals surface area contributed by atoms with Gasteiger partial charge in [0.05, 0.1) is 0 Å². The van der Waals surface area contributed by atoms with Crippen molar-refractivity contribution in [3.63, 3.8) is 0 Å². The quantitative estimate of drug-likeness (QED) is 0.598. The Balaban J connectivity index is 2.81. The maximum absolute atomic E-state index is 12.0. The first-order valence-corrected chi connectivity index (χ1v) is 7.71. The molecule has 0 bridgehead atoms. The van der Waals surface area contributed by atoms with Crippen LogP contribution in [0.2, 0.25) is 0 Å². The van der Waals surface area contributed by atoms with E-state index in [9.17, 15) is 4.79 Å². The van der Waals surface area contributed by atoms with Crippen LogP contribution in [-0.2, 0) is 4.79 Å². The van der Waals surface area contributed by atoms with Crippen LogP contribution < -0.4 is 15.8 Å². The van der Waals surface area contributed by atoms with Crippen LogP contribution in [0.4, 0.5) is 5.69 Å². The monoisotopic (exact) mass is 292 g/mol. The topological polar surface area (TPSA) is 64.3 Å². The highest BCUT2D eigenvalue weighted by Crippen LogP contribution is 2.31. The third kappa shape index (κ3) is 4.96. The lowest BCUT2D eigenvalue weighted by Gasteiger charge is -2.20. The minimum atomic E-state index is -0.512. The number of anilines is 1. The van der Waals surface area contributed by atoms with Crippen molar-refractivity contribution in [3.8, 4) is 5.75 Å². The molecule has 1 unspecified atom stereocenters. The van der Waals surface area contributed by atoms with Gasteiger partial charge in [0.15, 0.2) is 6.10 Å². The Hall–Kier alpha value is -1.71. The second-order valence-corrected chi connectivity index (χ2v) is 5.81. The first-order valence-electron chi connectivity index (χ1n) is 7.71. The van der Waals surface area contributed by atoms with Gasteiger partial charge in [-0.25, -0.2) is 0 Å². The Labute approximate surface area is 128 Å². The van der Waals surface area contributed by atoms with Gasteiger partial charge in [0.1, 0.15) is 5.75 Å². The summed E-state index contributed by atoms with van der Waals surface area (Å²) in [7, 11) is 0. The zero-order valence-electron chi connectivity index (χ0n) is 13.8. The lowest BCUT2D eigenvalue weighted by atomic mass is 9.99. The smallest absolute Gasteiger partial charge is 0.260 e. The molecule has 0 heterocycles. The average molecular weight is 292 g/mol. The van der Waals surface area contributed by atoms with E-state index < -0.39 is 6.10 Å². The van der Waals surface area contributed by atoms with Gasteiger partial charge in [-0.3, -0.25) is 4.79 Å². The van der Waals surface area contributed by atoms with Gasteiger partial charge in [0, 0.05) is 12.2 Å². The number of amides is 1. The van der Waals surface area contributed by atoms with Crippen molar-refractivity contribution < 1.29 is 9.53 Å². The van der Waals surface area contributed by atoms with E-state index in [1.807, 2.05) is 19.1 Å². The fourth-order valence-corrected chi connectivity index (χ4v) is 2.05. The predicted molar refractivity (Wildman–Crippen MR) is 87.7 cm³/mol. The zero-order valence-corrected chi connectivity index (χ0v) is 13.8. The fourth-order valence-electron chi connectivity index (χ4n) is 2.05. The first kappa shape index (κ1) is 17.3. The summed E-state index contributed by atoms with van der Waals surface area (Å²) in [6, 6.07) is 3.86. The van der Waals surface area contributed by atoms with E-state index in [-0.39, 0.29) is 5.91 Å². The van der Waals surface area contributed by atoms with Crippen LogP contribution in [0.5, 0.6) is 5.75 Å². The number of aryl methyl sites for hydroxylation is 1. The van der Waals surface area contributed by atoms with Crippen molar-refractivity contribution in [1.29, 1.82) is 0 Å². The van der Waals surface area contributed by atoms with Crippen molar-refractivity contribution in [2.75, 3.05) is 12.3 Å². The summed E-state index contributed by atoms with van der Waals surface area (Å²) >= 11 is 0. The highest BCUT2D eigenvalue weighted by atomic mass is 16.5. The molecule has 1 rings (SSSR count). The number of ether oxygens (including phenoxy) is 1. The largest absolute Gasteiger partial charge is 0.481 e. The van der Waals surface area contributed by atoms with Gasteiger partial charge in [-0.1, -0.05) is 27.2 Å². The van der Waals surface area contributed by atoms with E-state index in [0.29, 0.717) is 12.5 Å². The van der Waals surface area contributed by atoms with E-state index in [1.165, 1.54) is 0 Å². The number of nitrogen functional groups attached to an aromatic ring is 1. The molecule has 0 aliphatic carbocycles. The van der Waals surface area contributed by atoms with E-state index in [2.05, 4.69) is 26.1 Å². The van der Waals surface area contributed by atoms with Crippen LogP contribution in [0.15, 0.2) is 12.1 Å². The minimum absolute atomic E-state index is 0.0763. The zero-order chi connectivity index (χ0) is 16.0. The molecule has 1 aromatic rings. The Morgan fingerprint density at radius 1 is 1.33 bits per heavy atom. The number of nitrogens with one attached hydrogen (secondary N) is 1. The Kier molecular flexibility index (Phi) is 6.53. The molecule has 1 amide bonds. The molecular weight excluding hydrogens is 264 g/mol. The first-order chi connectivity index (χ1) is 9.86. The van der Waals surface area contributed by atoms with Crippen molar-refractivity contribution in [2.45, 2.75) is 59.5 Å². The highest BCUT2D eigenvalue weighted by Gasteiger charge is 2.18. The van der Waals surface area contributed by atoms with Gasteiger partial charge >= 0.3 is 0 Å². The molecule has 0 saturated carbocycles. The molecular formula is C17H28N2O2. The Morgan fingerprint density at radius 2 is 2.00 bits per heavy atom. The number of carbonyl (C=O) groups excluding carboxylic acids is 1. The van der Waals surface area contributed by atoms with Crippen molar-refractivity contribution >= 4 is 11.6 Å². The summed E-state index contributed by atoms with van der Waals surface area (Å²) in [6.45, 7) is 10.7. The molecule has 1 atom stereocenters. The highest BCUT2D eigenvalue weighted by molar-refractivity contribution is 5.80. The predicted octanol–water partition coefficient (Wildman–Crippen LogP) is 3.38. The van der Waals surface area contributed by atoms with Crippen molar-refractivity contribution in [1.82, 2.24) is 5.32 Å². The number of nitrogens with two attached hydrogens (primary N) is 1. The molecule has 21 heavy (non-hydrogen) atoms. The number of unbranched alkanes of at least 4 members (excludes halogenated alkanes) is 1. The normalized spacial score (nSPS) is 12.3. The van der Waals surface area contributed by atoms with Gasteiger partial charge in [0.25, 0.3) is 5.91 Å². The molecule has 3 N–H and O–H groups in total. The molecule has 0 aliphatic rings. The molecule has 0 spiro atoms. The SMILES string of the molecule is CCCCNC(=O)C(C)Oc1cc(C)c(N)cc1C(C)C. The van der Waals surface area contributed by atoms with Gasteiger partial charge in [-0.15, -0.1) is 0 Å². The molecule has 118 valence electrons. The van der Waals surface area contributed by atoms with Gasteiger partial charge in [-0.05, 0) is 49.4 Å². The summed E-state index contributed by atoms with van der Waals surface area (Å²) in [4.78, 5) is 12.0. The Bertz CT molecular complexity index is 484. The third-order valence-electron chi connectivity index (χ3n) is 3.52. The standard InChI is InChI=1S/C17H28N2O2/c1-6-7-8-19-17(20)13(5)21-16-9-12(4)15(18)10-14(16)11(2)3/h9-11,13H,6-8,18H2,1-5H3,(H,19,20).